The van der Waals surface area contributed by atoms with Gasteiger partial charge in [0.25, 0.3) is 0 Å². The molecule has 0 amide bonds. The van der Waals surface area contributed by atoms with Crippen LogP contribution in [0.3, 0.4) is 0 Å². The van der Waals surface area contributed by atoms with E-state index in [2.05, 4.69) is 30.6 Å². The molecule has 2 bridgehead atoms. The zero-order valence-electron chi connectivity index (χ0n) is 17.8. The number of nitrogens with zero attached hydrogens (tertiary/aromatic N) is 2. The molecule has 0 spiro atoms. The Hall–Kier alpha value is -0.970. The van der Waals surface area contributed by atoms with Crippen LogP contribution in [-0.4, -0.2) is 53.2 Å². The van der Waals surface area contributed by atoms with Crippen LogP contribution >= 0.6 is 0 Å². The highest BCUT2D eigenvalue weighted by Gasteiger charge is 2.49. The maximum absolute atomic E-state index is 13.3. The fourth-order valence-corrected chi connectivity index (χ4v) is 5.94. The van der Waals surface area contributed by atoms with Crippen molar-refractivity contribution in [3.8, 4) is 0 Å². The zero-order valence-corrected chi connectivity index (χ0v) is 17.8. The number of rotatable bonds is 5. The first kappa shape index (κ1) is 20.3. The van der Waals surface area contributed by atoms with Crippen LogP contribution in [0.15, 0.2) is 24.3 Å². The maximum atomic E-state index is 13.3. The van der Waals surface area contributed by atoms with Crippen molar-refractivity contribution >= 4 is 0 Å². The van der Waals surface area contributed by atoms with E-state index in [9.17, 15) is 9.50 Å². The lowest BCUT2D eigenvalue weighted by molar-refractivity contribution is -0.0674. The van der Waals surface area contributed by atoms with Crippen LogP contribution in [-0.2, 0) is 5.60 Å². The van der Waals surface area contributed by atoms with E-state index >= 15 is 0 Å². The Kier molecular flexibility index (Phi) is 5.58. The Bertz CT molecular complexity index is 652. The van der Waals surface area contributed by atoms with E-state index in [4.69, 9.17) is 0 Å². The van der Waals surface area contributed by atoms with Crippen molar-refractivity contribution in [1.82, 2.24) is 9.80 Å². The minimum Gasteiger partial charge on any atom is -0.385 e. The molecule has 0 radical (unpaired) electrons. The van der Waals surface area contributed by atoms with E-state index in [-0.39, 0.29) is 11.2 Å². The third-order valence-electron chi connectivity index (χ3n) is 7.44. The molecule has 3 nitrogen and oxygen atoms in total. The number of aliphatic hydroxyl groups is 1. The van der Waals surface area contributed by atoms with Crippen LogP contribution in [0.2, 0.25) is 0 Å². The molecular weight excluding hydrogens is 351 g/mol. The molecule has 2 atom stereocenters. The van der Waals surface area contributed by atoms with Gasteiger partial charge in [0.15, 0.2) is 0 Å². The Balaban J connectivity index is 1.40. The molecule has 3 fully saturated rings. The fourth-order valence-electron chi connectivity index (χ4n) is 5.94. The Morgan fingerprint density at radius 2 is 1.57 bits per heavy atom. The lowest BCUT2D eigenvalue weighted by atomic mass is 9.79. The second kappa shape index (κ2) is 7.70. The van der Waals surface area contributed by atoms with Gasteiger partial charge < -0.3 is 10.0 Å². The summed E-state index contributed by atoms with van der Waals surface area (Å²) in [6, 6.07) is 7.37. The molecule has 0 unspecified atom stereocenters. The first-order valence-electron chi connectivity index (χ1n) is 11.2. The van der Waals surface area contributed by atoms with Crippen LogP contribution in [0.1, 0.15) is 64.9 Å². The largest absolute Gasteiger partial charge is 0.385 e. The van der Waals surface area contributed by atoms with E-state index in [1.165, 1.54) is 50.9 Å². The van der Waals surface area contributed by atoms with Gasteiger partial charge in [-0.05, 0) is 80.6 Å². The Morgan fingerprint density at radius 3 is 2.14 bits per heavy atom. The summed E-state index contributed by atoms with van der Waals surface area (Å²) in [5.74, 6) is 0.642. The number of hydrogen-bond acceptors (Lipinski definition) is 3. The van der Waals surface area contributed by atoms with Gasteiger partial charge in [0.2, 0.25) is 0 Å². The van der Waals surface area contributed by atoms with E-state index in [0.717, 1.165) is 37.4 Å². The average molecular weight is 389 g/mol. The molecule has 1 aromatic carbocycles. The summed E-state index contributed by atoms with van der Waals surface area (Å²) in [4.78, 5) is 5.34. The molecule has 4 rings (SSSR count). The molecule has 3 aliphatic heterocycles. The average Bonchev–Trinajstić information content (AvgIpc) is 2.87. The van der Waals surface area contributed by atoms with Gasteiger partial charge in [-0.25, -0.2) is 4.39 Å². The number of fused-ring (bicyclic) bond motifs is 2. The molecule has 28 heavy (non-hydrogen) atoms. The second-order valence-corrected chi connectivity index (χ2v) is 10.6. The summed E-state index contributed by atoms with van der Waals surface area (Å²) in [7, 11) is 0. The monoisotopic (exact) mass is 388 g/mol. The Morgan fingerprint density at radius 1 is 1.00 bits per heavy atom. The van der Waals surface area contributed by atoms with Gasteiger partial charge in [-0.3, -0.25) is 4.90 Å². The molecule has 3 saturated heterocycles. The quantitative estimate of drug-likeness (QED) is 0.810. The van der Waals surface area contributed by atoms with Gasteiger partial charge in [0, 0.05) is 25.2 Å². The Labute approximate surface area is 169 Å². The van der Waals surface area contributed by atoms with Crippen LogP contribution in [0.25, 0.3) is 0 Å². The molecule has 0 aliphatic carbocycles. The lowest BCUT2D eigenvalue weighted by Gasteiger charge is -2.47. The normalized spacial score (nSPS) is 32.8. The van der Waals surface area contributed by atoms with E-state index in [1.54, 1.807) is 12.1 Å². The fraction of sp³-hybridized carbons (Fsp3) is 0.750. The van der Waals surface area contributed by atoms with Crippen LogP contribution in [0.5, 0.6) is 0 Å². The lowest BCUT2D eigenvalue weighted by Crippen LogP contribution is -2.53. The van der Waals surface area contributed by atoms with Crippen molar-refractivity contribution in [3.05, 3.63) is 35.6 Å². The third-order valence-corrected chi connectivity index (χ3v) is 7.44. The molecular formula is C24H37FN2O. The zero-order chi connectivity index (χ0) is 19.9. The summed E-state index contributed by atoms with van der Waals surface area (Å²) in [5.41, 5.74) is 0.336. The smallest absolute Gasteiger partial charge is 0.123 e. The molecule has 4 heteroatoms. The number of benzene rings is 1. The first-order valence-corrected chi connectivity index (χ1v) is 11.2. The number of piperidine rings is 2. The molecule has 1 aromatic rings. The number of hydrogen-bond donors (Lipinski definition) is 1. The van der Waals surface area contributed by atoms with Gasteiger partial charge in [-0.15, -0.1) is 0 Å². The van der Waals surface area contributed by atoms with E-state index in [0.29, 0.717) is 12.1 Å². The summed E-state index contributed by atoms with van der Waals surface area (Å²) in [6.45, 7) is 11.9. The topological polar surface area (TPSA) is 26.7 Å². The van der Waals surface area contributed by atoms with E-state index in [1.807, 2.05) is 0 Å². The SMILES string of the molecule is CC1CCN(CC(C)(C)CN2[C@@H]3CC[C@@H]2CC(O)(c2ccc(F)cc2)C3)CC1. The van der Waals surface area contributed by atoms with Gasteiger partial charge in [-0.2, -0.15) is 0 Å². The highest BCUT2D eigenvalue weighted by Crippen LogP contribution is 2.46. The van der Waals surface area contributed by atoms with Gasteiger partial charge >= 0.3 is 0 Å². The van der Waals surface area contributed by atoms with Crippen molar-refractivity contribution in [1.29, 1.82) is 0 Å². The predicted octanol–water partition coefficient (Wildman–Crippen LogP) is 4.40. The molecule has 3 aliphatic rings. The summed E-state index contributed by atoms with van der Waals surface area (Å²) in [6.07, 6.45) is 6.54. The van der Waals surface area contributed by atoms with Gasteiger partial charge in [0.1, 0.15) is 5.82 Å². The molecule has 3 heterocycles. The van der Waals surface area contributed by atoms with Crippen molar-refractivity contribution in [2.75, 3.05) is 26.2 Å². The minimum atomic E-state index is -0.802. The number of halogens is 1. The molecule has 0 saturated carbocycles. The van der Waals surface area contributed by atoms with Gasteiger partial charge in [0.05, 0.1) is 5.60 Å². The second-order valence-electron chi connectivity index (χ2n) is 10.6. The summed E-state index contributed by atoms with van der Waals surface area (Å²) in [5, 5.41) is 11.4. The first-order chi connectivity index (χ1) is 13.2. The summed E-state index contributed by atoms with van der Waals surface area (Å²) < 4.78 is 13.3. The minimum absolute atomic E-state index is 0.235. The highest BCUT2D eigenvalue weighted by atomic mass is 19.1. The van der Waals surface area contributed by atoms with Crippen LogP contribution in [0, 0.1) is 17.2 Å². The van der Waals surface area contributed by atoms with Crippen molar-refractivity contribution in [2.45, 2.75) is 77.0 Å². The van der Waals surface area contributed by atoms with Crippen LogP contribution in [0.4, 0.5) is 4.39 Å². The molecule has 1 N–H and O–H groups in total. The van der Waals surface area contributed by atoms with Crippen LogP contribution < -0.4 is 0 Å². The standard InChI is InChI=1S/C24H37FN2O/c1-18-10-12-26(13-11-18)16-23(2,3)17-27-21-8-9-22(27)15-24(28,14-21)19-4-6-20(25)7-5-19/h4-7,18,21-22,28H,8-17H2,1-3H3/t21-,22-/m1/s1. The molecule has 0 aromatic heterocycles. The van der Waals surface area contributed by atoms with E-state index < -0.39 is 5.60 Å². The summed E-state index contributed by atoms with van der Waals surface area (Å²) >= 11 is 0. The molecule has 156 valence electrons. The maximum Gasteiger partial charge on any atom is 0.123 e. The number of likely N-dealkylation sites (tertiary alicyclic amines) is 1. The third kappa shape index (κ3) is 4.29. The predicted molar refractivity (Wildman–Crippen MR) is 112 cm³/mol. The van der Waals surface area contributed by atoms with Crippen molar-refractivity contribution in [2.24, 2.45) is 11.3 Å². The van der Waals surface area contributed by atoms with Crippen molar-refractivity contribution < 1.29 is 9.50 Å². The highest BCUT2D eigenvalue weighted by molar-refractivity contribution is 5.25. The van der Waals surface area contributed by atoms with Gasteiger partial charge in [-0.1, -0.05) is 32.9 Å². The van der Waals surface area contributed by atoms with Crippen molar-refractivity contribution in [3.63, 3.8) is 0 Å².